The van der Waals surface area contributed by atoms with Gasteiger partial charge in [-0.15, -0.1) is 11.3 Å². The van der Waals surface area contributed by atoms with E-state index in [9.17, 15) is 5.11 Å². The number of thiophene rings is 1. The highest BCUT2D eigenvalue weighted by molar-refractivity contribution is 7.10. The fourth-order valence-corrected chi connectivity index (χ4v) is 3.22. The molecule has 0 fully saturated rings. The van der Waals surface area contributed by atoms with Crippen LogP contribution >= 0.6 is 34.5 Å². The Morgan fingerprint density at radius 2 is 2.00 bits per heavy atom. The van der Waals surface area contributed by atoms with Crippen molar-refractivity contribution in [2.75, 3.05) is 0 Å². The first-order valence-electron chi connectivity index (χ1n) is 5.80. The van der Waals surface area contributed by atoms with Gasteiger partial charge in [0.2, 0.25) is 0 Å². The van der Waals surface area contributed by atoms with Gasteiger partial charge in [-0.1, -0.05) is 36.2 Å². The lowest BCUT2D eigenvalue weighted by atomic mass is 10.0. The molecule has 1 heterocycles. The topological polar surface area (TPSA) is 20.2 Å². The molecule has 0 saturated heterocycles. The Morgan fingerprint density at radius 3 is 2.67 bits per heavy atom. The largest absolute Gasteiger partial charge is 0.387 e. The number of aryl methyl sites for hydroxylation is 1. The zero-order chi connectivity index (χ0) is 13.1. The Hall–Kier alpha value is -0.540. The Morgan fingerprint density at radius 1 is 1.22 bits per heavy atom. The lowest BCUT2D eigenvalue weighted by molar-refractivity contribution is 0.181. The van der Waals surface area contributed by atoms with Crippen molar-refractivity contribution in [2.24, 2.45) is 0 Å². The van der Waals surface area contributed by atoms with Crippen LogP contribution in [0.2, 0.25) is 10.0 Å². The monoisotopic (exact) mass is 300 g/mol. The highest BCUT2D eigenvalue weighted by Crippen LogP contribution is 2.29. The van der Waals surface area contributed by atoms with Crippen molar-refractivity contribution < 1.29 is 5.11 Å². The Labute approximate surface area is 121 Å². The van der Waals surface area contributed by atoms with Gasteiger partial charge in [0.15, 0.2) is 0 Å². The van der Waals surface area contributed by atoms with Crippen molar-refractivity contribution in [3.05, 3.63) is 55.7 Å². The molecule has 0 aliphatic heterocycles. The van der Waals surface area contributed by atoms with Gasteiger partial charge in [0.25, 0.3) is 0 Å². The van der Waals surface area contributed by atoms with Crippen LogP contribution in [0.4, 0.5) is 0 Å². The maximum absolute atomic E-state index is 10.3. The summed E-state index contributed by atoms with van der Waals surface area (Å²) in [6.07, 6.45) is 1.03. The molecule has 0 bridgehead atoms. The van der Waals surface area contributed by atoms with Gasteiger partial charge < -0.3 is 5.11 Å². The number of halogens is 2. The van der Waals surface area contributed by atoms with Crippen molar-refractivity contribution in [3.63, 3.8) is 0 Å². The number of rotatable bonds is 4. The zero-order valence-corrected chi connectivity index (χ0v) is 12.3. The van der Waals surface area contributed by atoms with Gasteiger partial charge in [0.05, 0.1) is 16.1 Å². The normalized spacial score (nSPS) is 12.7. The summed E-state index contributed by atoms with van der Waals surface area (Å²) >= 11 is 13.4. The molecule has 1 nitrogen and oxygen atoms in total. The molecule has 0 spiro atoms. The standard InChI is InChI=1S/C14H14Cl2OS/c1-2-10-5-6-18-14(10)13(17)8-9-3-4-11(15)12(16)7-9/h3-7,13,17H,2,8H2,1H3. The van der Waals surface area contributed by atoms with Crippen LogP contribution < -0.4 is 0 Å². The molecule has 0 aliphatic rings. The summed E-state index contributed by atoms with van der Waals surface area (Å²) in [5, 5.41) is 13.4. The molecule has 2 aromatic rings. The lowest BCUT2D eigenvalue weighted by Crippen LogP contribution is -2.02. The van der Waals surface area contributed by atoms with Gasteiger partial charge in [-0.3, -0.25) is 0 Å². The molecule has 18 heavy (non-hydrogen) atoms. The van der Waals surface area contributed by atoms with Crippen LogP contribution in [0.1, 0.15) is 29.0 Å². The molecule has 2 rings (SSSR count). The van der Waals surface area contributed by atoms with E-state index in [0.29, 0.717) is 16.5 Å². The van der Waals surface area contributed by atoms with Crippen LogP contribution in [0.15, 0.2) is 29.6 Å². The van der Waals surface area contributed by atoms with E-state index in [4.69, 9.17) is 23.2 Å². The third-order valence-electron chi connectivity index (χ3n) is 2.88. The predicted octanol–water partition coefficient (Wildman–Crippen LogP) is 4.89. The molecule has 1 atom stereocenters. The molecule has 0 saturated carbocycles. The van der Waals surface area contributed by atoms with Crippen LogP contribution in [-0.4, -0.2) is 5.11 Å². The van der Waals surface area contributed by atoms with Crippen LogP contribution in [0.25, 0.3) is 0 Å². The summed E-state index contributed by atoms with van der Waals surface area (Å²) in [4.78, 5) is 1.04. The number of aliphatic hydroxyl groups excluding tert-OH is 1. The Kier molecular flexibility index (Phi) is 4.68. The number of hydrogen-bond acceptors (Lipinski definition) is 2. The van der Waals surface area contributed by atoms with Crippen molar-refractivity contribution in [1.29, 1.82) is 0 Å². The lowest BCUT2D eigenvalue weighted by Gasteiger charge is -2.11. The second-order valence-electron chi connectivity index (χ2n) is 4.13. The molecular weight excluding hydrogens is 287 g/mol. The number of aliphatic hydroxyl groups is 1. The summed E-state index contributed by atoms with van der Waals surface area (Å²) < 4.78 is 0. The third-order valence-corrected chi connectivity index (χ3v) is 4.68. The van der Waals surface area contributed by atoms with Gasteiger partial charge >= 0.3 is 0 Å². The third kappa shape index (κ3) is 3.07. The molecule has 1 aromatic carbocycles. The minimum absolute atomic E-state index is 0.475. The first-order chi connectivity index (χ1) is 8.61. The van der Waals surface area contributed by atoms with E-state index in [1.165, 1.54) is 5.56 Å². The highest BCUT2D eigenvalue weighted by Gasteiger charge is 2.14. The summed E-state index contributed by atoms with van der Waals surface area (Å²) in [6, 6.07) is 7.54. The van der Waals surface area contributed by atoms with Crippen LogP contribution in [0.5, 0.6) is 0 Å². The number of benzene rings is 1. The molecule has 96 valence electrons. The Balaban J connectivity index is 2.16. The van der Waals surface area contributed by atoms with Gasteiger partial charge in [0.1, 0.15) is 0 Å². The smallest absolute Gasteiger partial charge is 0.0924 e. The fraction of sp³-hybridized carbons (Fsp3) is 0.286. The molecule has 1 unspecified atom stereocenters. The Bertz CT molecular complexity index is 536. The van der Waals surface area contributed by atoms with Crippen molar-refractivity contribution in [1.82, 2.24) is 0 Å². The summed E-state index contributed by atoms with van der Waals surface area (Å²) in [7, 11) is 0. The summed E-state index contributed by atoms with van der Waals surface area (Å²) in [5.41, 5.74) is 2.21. The van der Waals surface area contributed by atoms with E-state index in [1.54, 1.807) is 17.4 Å². The van der Waals surface area contributed by atoms with Gasteiger partial charge in [-0.05, 0) is 41.1 Å². The minimum Gasteiger partial charge on any atom is -0.387 e. The van der Waals surface area contributed by atoms with E-state index < -0.39 is 6.10 Å². The van der Waals surface area contributed by atoms with Crippen LogP contribution in [0, 0.1) is 0 Å². The second-order valence-corrected chi connectivity index (χ2v) is 5.89. The zero-order valence-electron chi connectivity index (χ0n) is 9.99. The van der Waals surface area contributed by atoms with Gasteiger partial charge in [-0.2, -0.15) is 0 Å². The van der Waals surface area contributed by atoms with E-state index in [2.05, 4.69) is 13.0 Å². The second kappa shape index (κ2) is 6.07. The molecular formula is C14H14Cl2OS. The van der Waals surface area contributed by atoms with E-state index >= 15 is 0 Å². The first kappa shape index (κ1) is 13.9. The molecule has 1 N–H and O–H groups in total. The maximum atomic E-state index is 10.3. The van der Waals surface area contributed by atoms with E-state index in [0.717, 1.165) is 16.9 Å². The summed E-state index contributed by atoms with van der Waals surface area (Å²) in [6.45, 7) is 2.09. The van der Waals surface area contributed by atoms with Crippen molar-refractivity contribution >= 4 is 34.5 Å². The molecule has 0 amide bonds. The van der Waals surface area contributed by atoms with Crippen LogP contribution in [-0.2, 0) is 12.8 Å². The molecule has 0 radical (unpaired) electrons. The van der Waals surface area contributed by atoms with Crippen LogP contribution in [0.3, 0.4) is 0 Å². The molecule has 4 heteroatoms. The predicted molar refractivity (Wildman–Crippen MR) is 78.8 cm³/mol. The van der Waals surface area contributed by atoms with Gasteiger partial charge in [0, 0.05) is 11.3 Å². The average Bonchev–Trinajstić information content (AvgIpc) is 2.82. The van der Waals surface area contributed by atoms with Crippen molar-refractivity contribution in [3.8, 4) is 0 Å². The molecule has 0 aliphatic carbocycles. The van der Waals surface area contributed by atoms with E-state index in [1.807, 2.05) is 17.5 Å². The first-order valence-corrected chi connectivity index (χ1v) is 7.43. The molecule has 1 aromatic heterocycles. The van der Waals surface area contributed by atoms with E-state index in [-0.39, 0.29) is 0 Å². The number of hydrogen-bond donors (Lipinski definition) is 1. The average molecular weight is 301 g/mol. The van der Waals surface area contributed by atoms with Gasteiger partial charge in [-0.25, -0.2) is 0 Å². The van der Waals surface area contributed by atoms with Crippen molar-refractivity contribution in [2.45, 2.75) is 25.9 Å². The fourth-order valence-electron chi connectivity index (χ4n) is 1.91. The maximum Gasteiger partial charge on any atom is 0.0924 e. The minimum atomic E-state index is -0.475. The highest BCUT2D eigenvalue weighted by atomic mass is 35.5. The SMILES string of the molecule is CCc1ccsc1C(O)Cc1ccc(Cl)c(Cl)c1. The summed E-state index contributed by atoms with van der Waals surface area (Å²) in [5.74, 6) is 0. The quantitative estimate of drug-likeness (QED) is 0.852.